The largest absolute Gasteiger partial charge is 0.480 e. The molecule has 0 radical (unpaired) electrons. The maximum atomic E-state index is 13.5. The highest BCUT2D eigenvalue weighted by Gasteiger charge is 2.17. The molecule has 20 heavy (non-hydrogen) atoms. The summed E-state index contributed by atoms with van der Waals surface area (Å²) in [6, 6.07) is 2.19. The van der Waals surface area contributed by atoms with Crippen molar-refractivity contribution in [2.45, 2.75) is 20.3 Å². The first-order valence-electron chi connectivity index (χ1n) is 6.08. The zero-order valence-corrected chi connectivity index (χ0v) is 12.8. The molecule has 110 valence electrons. The number of halogens is 2. The van der Waals surface area contributed by atoms with E-state index in [9.17, 15) is 14.0 Å². The van der Waals surface area contributed by atoms with Gasteiger partial charge in [-0.2, -0.15) is 0 Å². The summed E-state index contributed by atoms with van der Waals surface area (Å²) < 4.78 is 13.8. The van der Waals surface area contributed by atoms with Crippen LogP contribution in [0.3, 0.4) is 0 Å². The molecule has 0 unspecified atom stereocenters. The number of hydrogen-bond donors (Lipinski definition) is 2. The number of carboxylic acid groups (broad SMARTS) is 1. The number of rotatable bonds is 5. The molecule has 0 fully saturated rings. The summed E-state index contributed by atoms with van der Waals surface area (Å²) in [6.45, 7) is 3.49. The third-order valence-corrected chi connectivity index (χ3v) is 3.22. The lowest BCUT2D eigenvalue weighted by molar-refractivity contribution is -0.137. The Morgan fingerprint density at radius 3 is 2.65 bits per heavy atom. The summed E-state index contributed by atoms with van der Waals surface area (Å²) in [5, 5.41) is 11.3. The van der Waals surface area contributed by atoms with Gasteiger partial charge in [0.2, 0.25) is 0 Å². The number of hydrogen-bond acceptors (Lipinski definition) is 2. The van der Waals surface area contributed by atoms with E-state index in [0.29, 0.717) is 28.7 Å². The first-order valence-corrected chi connectivity index (χ1v) is 6.87. The van der Waals surface area contributed by atoms with Crippen molar-refractivity contribution >= 4 is 33.6 Å². The monoisotopic (exact) mass is 346 g/mol. The summed E-state index contributed by atoms with van der Waals surface area (Å²) in [6.07, 6.45) is 0.633. The van der Waals surface area contributed by atoms with Crippen molar-refractivity contribution in [1.82, 2.24) is 4.90 Å². The number of aliphatic carboxylic acids is 1. The number of aryl methyl sites for hydroxylation is 1. The van der Waals surface area contributed by atoms with Crippen LogP contribution in [0.2, 0.25) is 0 Å². The van der Waals surface area contributed by atoms with Crippen LogP contribution in [0.15, 0.2) is 16.6 Å². The maximum absolute atomic E-state index is 13.5. The molecular weight excluding hydrogens is 331 g/mol. The second-order valence-electron chi connectivity index (χ2n) is 4.33. The van der Waals surface area contributed by atoms with E-state index in [4.69, 9.17) is 5.11 Å². The number of carbonyl (C=O) groups is 2. The zero-order chi connectivity index (χ0) is 15.3. The average Bonchev–Trinajstić information content (AvgIpc) is 2.34. The van der Waals surface area contributed by atoms with E-state index < -0.39 is 24.4 Å². The van der Waals surface area contributed by atoms with E-state index in [0.717, 1.165) is 0 Å². The van der Waals surface area contributed by atoms with Crippen LogP contribution in [0.1, 0.15) is 18.9 Å². The molecule has 1 aromatic carbocycles. The van der Waals surface area contributed by atoms with Gasteiger partial charge in [-0.1, -0.05) is 6.92 Å². The number of benzene rings is 1. The molecular formula is C13H16BrFN2O3. The van der Waals surface area contributed by atoms with Gasteiger partial charge in [0, 0.05) is 12.2 Å². The summed E-state index contributed by atoms with van der Waals surface area (Å²) in [5.41, 5.74) is 1.00. The van der Waals surface area contributed by atoms with Crippen LogP contribution in [0.4, 0.5) is 14.9 Å². The molecule has 0 saturated carbocycles. The second-order valence-corrected chi connectivity index (χ2v) is 5.18. The number of nitrogens with one attached hydrogen (secondary N) is 1. The van der Waals surface area contributed by atoms with Gasteiger partial charge in [-0.3, -0.25) is 4.79 Å². The third kappa shape index (κ3) is 4.48. The Bertz CT molecular complexity index is 523. The molecule has 0 atom stereocenters. The maximum Gasteiger partial charge on any atom is 0.323 e. The fraction of sp³-hybridized carbons (Fsp3) is 0.385. The summed E-state index contributed by atoms with van der Waals surface area (Å²) in [4.78, 5) is 23.9. The fourth-order valence-electron chi connectivity index (χ4n) is 1.66. The van der Waals surface area contributed by atoms with Crippen molar-refractivity contribution in [3.05, 3.63) is 28.0 Å². The lowest BCUT2D eigenvalue weighted by Crippen LogP contribution is -2.39. The average molecular weight is 347 g/mol. The second kappa shape index (κ2) is 7.23. The Labute approximate surface area is 124 Å². The van der Waals surface area contributed by atoms with Crippen molar-refractivity contribution in [2.24, 2.45) is 0 Å². The number of carbonyl (C=O) groups excluding carboxylic acids is 1. The van der Waals surface area contributed by atoms with Crippen molar-refractivity contribution in [2.75, 3.05) is 18.4 Å². The van der Waals surface area contributed by atoms with Crippen LogP contribution in [0.5, 0.6) is 0 Å². The van der Waals surface area contributed by atoms with E-state index in [2.05, 4.69) is 21.2 Å². The molecule has 5 nitrogen and oxygen atoms in total. The van der Waals surface area contributed by atoms with Crippen molar-refractivity contribution in [3.63, 3.8) is 0 Å². The van der Waals surface area contributed by atoms with Gasteiger partial charge >= 0.3 is 12.0 Å². The van der Waals surface area contributed by atoms with Crippen molar-refractivity contribution in [3.8, 4) is 0 Å². The van der Waals surface area contributed by atoms with Crippen LogP contribution in [-0.4, -0.2) is 35.1 Å². The SMILES string of the molecule is CCCN(CC(=O)O)C(=O)Nc1cc(F)c(Br)cc1C. The van der Waals surface area contributed by atoms with E-state index in [1.54, 1.807) is 13.0 Å². The van der Waals surface area contributed by atoms with Crippen LogP contribution >= 0.6 is 15.9 Å². The quantitative estimate of drug-likeness (QED) is 0.859. The van der Waals surface area contributed by atoms with Gasteiger partial charge in [0.1, 0.15) is 12.4 Å². The number of anilines is 1. The number of amides is 2. The lowest BCUT2D eigenvalue weighted by atomic mass is 10.2. The van der Waals surface area contributed by atoms with Crippen LogP contribution in [0, 0.1) is 12.7 Å². The molecule has 2 amide bonds. The minimum Gasteiger partial charge on any atom is -0.480 e. The Balaban J connectivity index is 2.87. The predicted molar refractivity (Wildman–Crippen MR) is 77.4 cm³/mol. The molecule has 0 aromatic heterocycles. The highest BCUT2D eigenvalue weighted by atomic mass is 79.9. The van der Waals surface area contributed by atoms with Gasteiger partial charge in [-0.05, 0) is 47.0 Å². The first-order chi connectivity index (χ1) is 9.35. The Morgan fingerprint density at radius 1 is 1.45 bits per heavy atom. The highest BCUT2D eigenvalue weighted by Crippen LogP contribution is 2.24. The van der Waals surface area contributed by atoms with Crippen molar-refractivity contribution in [1.29, 1.82) is 0 Å². The van der Waals surface area contributed by atoms with E-state index in [1.165, 1.54) is 11.0 Å². The summed E-state index contributed by atoms with van der Waals surface area (Å²) in [5.74, 6) is -1.58. The van der Waals surface area contributed by atoms with Crippen molar-refractivity contribution < 1.29 is 19.1 Å². The van der Waals surface area contributed by atoms with Crippen LogP contribution in [0.25, 0.3) is 0 Å². The van der Waals surface area contributed by atoms with E-state index >= 15 is 0 Å². The normalized spacial score (nSPS) is 10.2. The number of carboxylic acids is 1. The lowest BCUT2D eigenvalue weighted by Gasteiger charge is -2.21. The Morgan fingerprint density at radius 2 is 2.10 bits per heavy atom. The van der Waals surface area contributed by atoms with Gasteiger partial charge in [0.05, 0.1) is 4.47 Å². The summed E-state index contributed by atoms with van der Waals surface area (Å²) in [7, 11) is 0. The fourth-order valence-corrected chi connectivity index (χ4v) is 2.12. The van der Waals surface area contributed by atoms with Crippen LogP contribution < -0.4 is 5.32 Å². The van der Waals surface area contributed by atoms with Gasteiger partial charge in [-0.25, -0.2) is 9.18 Å². The molecule has 1 rings (SSSR count). The van der Waals surface area contributed by atoms with Gasteiger partial charge < -0.3 is 15.3 Å². The zero-order valence-electron chi connectivity index (χ0n) is 11.2. The number of urea groups is 1. The van der Waals surface area contributed by atoms with Crippen LogP contribution in [-0.2, 0) is 4.79 Å². The molecule has 0 aliphatic rings. The molecule has 0 saturated heterocycles. The number of nitrogens with zero attached hydrogens (tertiary/aromatic N) is 1. The van der Waals surface area contributed by atoms with Gasteiger partial charge in [0.15, 0.2) is 0 Å². The Kier molecular flexibility index (Phi) is 5.94. The van der Waals surface area contributed by atoms with E-state index in [-0.39, 0.29) is 0 Å². The molecule has 0 heterocycles. The summed E-state index contributed by atoms with van der Waals surface area (Å²) >= 11 is 3.06. The molecule has 0 aliphatic carbocycles. The van der Waals surface area contributed by atoms with Gasteiger partial charge in [0.25, 0.3) is 0 Å². The van der Waals surface area contributed by atoms with E-state index in [1.807, 2.05) is 6.92 Å². The molecule has 2 N–H and O–H groups in total. The third-order valence-electron chi connectivity index (χ3n) is 2.62. The molecule has 0 aliphatic heterocycles. The first kappa shape index (κ1) is 16.4. The minimum atomic E-state index is -1.09. The molecule has 0 spiro atoms. The predicted octanol–water partition coefficient (Wildman–Crippen LogP) is 3.23. The highest BCUT2D eigenvalue weighted by molar-refractivity contribution is 9.10. The Hall–Kier alpha value is -1.63. The molecule has 7 heteroatoms. The standard InChI is InChI=1S/C13H16BrFN2O3/c1-3-4-17(7-12(18)19)13(20)16-11-6-10(15)9(14)5-8(11)2/h5-6H,3-4,7H2,1-2H3,(H,16,20)(H,18,19). The molecule has 0 bridgehead atoms. The topological polar surface area (TPSA) is 69.6 Å². The minimum absolute atomic E-state index is 0.309. The molecule has 1 aromatic rings. The van der Waals surface area contributed by atoms with Gasteiger partial charge in [-0.15, -0.1) is 0 Å². The smallest absolute Gasteiger partial charge is 0.323 e.